The van der Waals surface area contributed by atoms with Crippen LogP contribution in [0.1, 0.15) is 278 Å². The summed E-state index contributed by atoms with van der Waals surface area (Å²) in [5.74, 6) is -0.890. The van der Waals surface area contributed by atoms with Crippen molar-refractivity contribution >= 4 is 55.9 Å². The van der Waals surface area contributed by atoms with Gasteiger partial charge in [0.05, 0.1) is 56.1 Å². The van der Waals surface area contributed by atoms with Crippen molar-refractivity contribution in [2.45, 2.75) is 228 Å². The Hall–Kier alpha value is -11.5. The number of hydrogen-bond donors (Lipinski definition) is 0. The van der Waals surface area contributed by atoms with Crippen LogP contribution in [-0.4, -0.2) is 4.57 Å². The van der Waals surface area contributed by atoms with Gasteiger partial charge in [-0.25, -0.2) is 0 Å². The van der Waals surface area contributed by atoms with E-state index in [1.165, 1.54) is 61.2 Å². The van der Waals surface area contributed by atoms with Gasteiger partial charge in [-0.3, -0.25) is 0 Å². The second kappa shape index (κ2) is 29.1. The molecule has 18 rings (SSSR count). The molecule has 1 aliphatic carbocycles. The van der Waals surface area contributed by atoms with Crippen LogP contribution in [0.4, 0.5) is 34.1 Å². The zero-order valence-electron chi connectivity index (χ0n) is 84.2. The van der Waals surface area contributed by atoms with Crippen LogP contribution in [0.3, 0.4) is 0 Å². The number of nitrogens with zero attached hydrogens (tertiary/aromatic N) is 3. The molecule has 3 aliphatic rings. The van der Waals surface area contributed by atoms with Crippen molar-refractivity contribution in [3.8, 4) is 61.3 Å². The van der Waals surface area contributed by atoms with Crippen molar-refractivity contribution in [3.63, 3.8) is 0 Å². The summed E-state index contributed by atoms with van der Waals surface area (Å²) in [5, 5.41) is 0.0251. The quantitative estimate of drug-likeness (QED) is 0.143. The third-order valence-electron chi connectivity index (χ3n) is 26.5. The molecule has 14 aromatic carbocycles. The van der Waals surface area contributed by atoms with Gasteiger partial charge in [0.25, 0.3) is 0 Å². The summed E-state index contributed by atoms with van der Waals surface area (Å²) in [6.45, 7) is 55.2. The average Bonchev–Trinajstić information content (AvgIpc) is 0.988. The summed E-state index contributed by atoms with van der Waals surface area (Å²) in [7, 11) is 0. The maximum Gasteiger partial charge on any atom is 0.0645 e. The molecule has 3 heteroatoms. The lowest BCUT2D eigenvalue weighted by Crippen LogP contribution is -2.31. The van der Waals surface area contributed by atoms with Crippen molar-refractivity contribution in [2.75, 3.05) is 9.80 Å². The van der Waals surface area contributed by atoms with Crippen LogP contribution in [0.5, 0.6) is 0 Å². The summed E-state index contributed by atoms with van der Waals surface area (Å²) < 4.78 is 79.5. The molecular formula is C119H123N3. The third-order valence-corrected chi connectivity index (χ3v) is 26.5. The second-order valence-corrected chi connectivity index (χ2v) is 43.3. The van der Waals surface area contributed by atoms with Crippen molar-refractivity contribution < 1.29 is 11.0 Å². The minimum Gasteiger partial charge on any atom is -0.309 e. The highest BCUT2D eigenvalue weighted by molar-refractivity contribution is 6.11. The number of hydrogen-bond acceptors (Lipinski definition) is 2. The lowest BCUT2D eigenvalue weighted by Gasteiger charge is -2.47. The van der Waals surface area contributed by atoms with E-state index in [1.807, 2.05) is 6.07 Å². The highest BCUT2D eigenvalue weighted by Gasteiger charge is 2.46. The summed E-state index contributed by atoms with van der Waals surface area (Å²) >= 11 is 0. The van der Waals surface area contributed by atoms with E-state index >= 15 is 0 Å². The Balaban J connectivity index is 1.11. The molecule has 0 fully saturated rings. The van der Waals surface area contributed by atoms with E-state index in [-0.39, 0.29) is 77.7 Å². The van der Waals surface area contributed by atoms with E-state index < -0.39 is 47.6 Å². The zero-order chi connectivity index (χ0) is 93.2. The number of rotatable bonds is 9. The van der Waals surface area contributed by atoms with Gasteiger partial charge in [-0.15, -0.1) is 0 Å². The SMILES string of the molecule is [2H]c1c([2H])c([2H])c2c(c1[2H])c1c([2H])c([2H])c([2H])c([2H])c1n2-c1ccc2c(c1)N(c1c(-c3ccc(C(C)(C)C)cc3)cc(C(C)(C)C)cc1-c1ccc(C(C)(C)C)cc1)c1cc(C3c4ccccc4Cc4ccccc43)cc3c1C2c1cc(-c2cc(C(C)(C)C)cc(C(C)(C)C)c2)ccc1N3c1c(-c2ccc(C(C)(C)C)cc2)cc(C(C)(C)C)cc1-c1ccc(C(C)(C)C)cc1. The largest absolute Gasteiger partial charge is 0.309 e. The minimum absolute atomic E-state index is 0.0125. The molecule has 0 N–H and O–H groups in total. The van der Waals surface area contributed by atoms with Gasteiger partial charge in [0.1, 0.15) is 0 Å². The first kappa shape index (κ1) is 72.1. The Morgan fingerprint density at radius 1 is 0.262 bits per heavy atom. The number of anilines is 6. The first-order valence-electron chi connectivity index (χ1n) is 48.1. The van der Waals surface area contributed by atoms with Gasteiger partial charge in [0.15, 0.2) is 0 Å². The fraction of sp³-hybridized carbons (Fsp3) is 0.294. The molecular weight excluding hydrogens is 1470 g/mol. The number of fused-ring (bicyclic) bond motifs is 9. The fourth-order valence-corrected chi connectivity index (χ4v) is 19.1. The molecule has 122 heavy (non-hydrogen) atoms. The predicted molar refractivity (Wildman–Crippen MR) is 525 cm³/mol. The van der Waals surface area contributed by atoms with Crippen LogP contribution < -0.4 is 9.80 Å². The van der Waals surface area contributed by atoms with Crippen LogP contribution >= 0.6 is 0 Å². The maximum absolute atomic E-state index is 10.2. The topological polar surface area (TPSA) is 11.4 Å². The fourth-order valence-electron chi connectivity index (χ4n) is 19.1. The molecule has 3 nitrogen and oxygen atoms in total. The molecule has 0 radical (unpaired) electrons. The van der Waals surface area contributed by atoms with Gasteiger partial charge < -0.3 is 14.4 Å². The highest BCUT2D eigenvalue weighted by atomic mass is 15.2. The van der Waals surface area contributed by atoms with Crippen LogP contribution in [0.2, 0.25) is 0 Å². The van der Waals surface area contributed by atoms with Crippen LogP contribution in [0.25, 0.3) is 83.1 Å². The third kappa shape index (κ3) is 14.5. The predicted octanol–water partition coefficient (Wildman–Crippen LogP) is 33.3. The molecule has 0 saturated heterocycles. The summed E-state index contributed by atoms with van der Waals surface area (Å²) in [6, 6.07) is 87.8. The lowest BCUT2D eigenvalue weighted by molar-refractivity contribution is 0.569. The Morgan fingerprint density at radius 3 is 0.984 bits per heavy atom. The molecule has 0 bridgehead atoms. The van der Waals surface area contributed by atoms with Gasteiger partial charge in [-0.05, 0) is 239 Å². The monoisotopic (exact) mass is 1600 g/mol. The van der Waals surface area contributed by atoms with Gasteiger partial charge >= 0.3 is 0 Å². The van der Waals surface area contributed by atoms with Crippen molar-refractivity contribution in [2.24, 2.45) is 0 Å². The van der Waals surface area contributed by atoms with E-state index in [0.29, 0.717) is 5.69 Å². The van der Waals surface area contributed by atoms with Gasteiger partial charge in [-0.2, -0.15) is 0 Å². The molecule has 1 atom stereocenters. The molecule has 1 unspecified atom stereocenters. The molecule has 15 aromatic rings. The standard InChI is InChI=1S/C119H123N3/c1-112(2,3)82-50-41-73(42-51-82)96-68-88(118(19,20)21)69-97(74-43-52-83(53-44-74)113(4,5)6)110(96)121-103-60-49-77(80-62-86(116(13,14)15)67-87(63-80)117(16,17)18)64-100(103)108-95-59-58-90(120-101-39-31-29-37-93(101)94-38-30-32-40-102(94)120)72-104(95)122(106-66-81(65-105(121)109(106)108)107-91-35-27-25-33-78(91)61-79-34-26-28-36-92(79)107)111-98(75-45-54-84(55-46-75)114(7,8)9)70-89(119(22,23)24)71-99(111)76-47-56-85(57-48-76)115(10,11)12/h25-60,62-72,107-108H,61H2,1-24H3/i29D,30D,31D,32D,37D,38D,39D,40D. The molecule has 0 saturated carbocycles. The van der Waals surface area contributed by atoms with Crippen molar-refractivity contribution in [1.29, 1.82) is 0 Å². The van der Waals surface area contributed by atoms with E-state index in [2.05, 4.69) is 406 Å². The van der Waals surface area contributed by atoms with Gasteiger partial charge in [-0.1, -0.05) is 378 Å². The number of aromatic nitrogens is 1. The van der Waals surface area contributed by atoms with E-state index in [0.717, 1.165) is 124 Å². The van der Waals surface area contributed by atoms with Crippen molar-refractivity contribution in [1.82, 2.24) is 4.57 Å². The maximum atomic E-state index is 10.2. The zero-order valence-corrected chi connectivity index (χ0v) is 76.2. The van der Waals surface area contributed by atoms with Crippen LogP contribution in [-0.2, 0) is 49.7 Å². The Bertz CT molecular complexity index is 6830. The summed E-state index contributed by atoms with van der Waals surface area (Å²) in [5.41, 5.74) is 33.5. The second-order valence-electron chi connectivity index (χ2n) is 43.3. The van der Waals surface area contributed by atoms with E-state index in [4.69, 9.17) is 0 Å². The number of para-hydroxylation sites is 2. The molecule has 3 heterocycles. The first-order chi connectivity index (χ1) is 60.9. The van der Waals surface area contributed by atoms with Crippen LogP contribution in [0, 0.1) is 0 Å². The lowest BCUT2D eigenvalue weighted by atomic mass is 9.71. The normalized spacial score (nSPS) is 15.5. The Morgan fingerprint density at radius 2 is 0.607 bits per heavy atom. The summed E-state index contributed by atoms with van der Waals surface area (Å²) in [4.78, 5) is 5.26. The Kier molecular flexibility index (Phi) is 17.2. The van der Waals surface area contributed by atoms with E-state index in [9.17, 15) is 11.0 Å². The summed E-state index contributed by atoms with van der Waals surface area (Å²) in [6.07, 6.45) is 0.758. The number of benzene rings is 14. The Labute approximate surface area is 739 Å². The van der Waals surface area contributed by atoms with Crippen molar-refractivity contribution in [3.05, 3.63) is 374 Å². The molecule has 614 valence electrons. The molecule has 2 aliphatic heterocycles. The smallest absolute Gasteiger partial charge is 0.0645 e. The molecule has 1 aromatic heterocycles. The highest BCUT2D eigenvalue weighted by Crippen LogP contribution is 2.66. The molecule has 0 amide bonds. The molecule has 0 spiro atoms. The average molecular weight is 1600 g/mol. The van der Waals surface area contributed by atoms with E-state index in [1.54, 1.807) is 4.57 Å². The van der Waals surface area contributed by atoms with Gasteiger partial charge in [0, 0.05) is 56.1 Å². The van der Waals surface area contributed by atoms with Gasteiger partial charge in [0.2, 0.25) is 0 Å². The first-order valence-corrected chi connectivity index (χ1v) is 44.1. The minimum atomic E-state index is -0.576. The van der Waals surface area contributed by atoms with Crippen LogP contribution in [0.15, 0.2) is 285 Å².